The van der Waals surface area contributed by atoms with E-state index in [1.807, 2.05) is 0 Å². The summed E-state index contributed by atoms with van der Waals surface area (Å²) in [6, 6.07) is 3.31. The molecule has 0 aliphatic rings. The second kappa shape index (κ2) is 6.11. The predicted octanol–water partition coefficient (Wildman–Crippen LogP) is -3.05. The summed E-state index contributed by atoms with van der Waals surface area (Å²) in [4.78, 5) is 3.84. The summed E-state index contributed by atoms with van der Waals surface area (Å²) < 4.78 is 4.81. The first-order valence-electron chi connectivity index (χ1n) is 2.94. The molecule has 54 valence electrons. The minimum absolute atomic E-state index is 0. The summed E-state index contributed by atoms with van der Waals surface area (Å²) in [5.74, 6) is 0.494. The maximum absolute atomic E-state index is 10.3. The normalized spacial score (nSPS) is 8.55. The van der Waals surface area contributed by atoms with Crippen LogP contribution >= 0.6 is 0 Å². The van der Waals surface area contributed by atoms with Crippen LogP contribution in [0.3, 0.4) is 0 Å². The summed E-state index contributed by atoms with van der Waals surface area (Å²) in [6.07, 6.45) is 1.56. The van der Waals surface area contributed by atoms with E-state index in [1.54, 1.807) is 18.3 Å². The Morgan fingerprint density at radius 3 is 2.91 bits per heavy atom. The fourth-order valence-corrected chi connectivity index (χ4v) is 0.652. The number of ether oxygens (including phenoxy) is 1. The first-order chi connectivity index (χ1) is 4.86. The Morgan fingerprint density at radius 2 is 2.36 bits per heavy atom. The smallest absolute Gasteiger partial charge is 0.851 e. The van der Waals surface area contributed by atoms with Gasteiger partial charge in [-0.2, -0.15) is 0 Å². The van der Waals surface area contributed by atoms with E-state index >= 15 is 0 Å². The van der Waals surface area contributed by atoms with Crippen molar-refractivity contribution in [1.82, 2.24) is 4.98 Å². The second-order valence-electron chi connectivity index (χ2n) is 1.85. The molecule has 11 heavy (non-hydrogen) atoms. The van der Waals surface area contributed by atoms with Gasteiger partial charge in [0, 0.05) is 12.3 Å². The molecule has 0 radical (unpaired) electrons. The number of hydrogen-bond donors (Lipinski definition) is 0. The molecule has 1 aromatic heterocycles. The maximum Gasteiger partial charge on any atom is 1.00 e. The molecule has 0 unspecified atom stereocenters. The molecule has 0 aliphatic carbocycles. The van der Waals surface area contributed by atoms with Crippen molar-refractivity contribution >= 4 is 0 Å². The number of nitrogens with zero attached hydrogens (tertiary/aromatic N) is 1. The average molecular weight is 177 g/mol. The third-order valence-corrected chi connectivity index (χ3v) is 1.18. The van der Waals surface area contributed by atoms with Gasteiger partial charge in [0.1, 0.15) is 0 Å². The Labute approximate surface area is 108 Å². The molecule has 0 aromatic carbocycles. The van der Waals surface area contributed by atoms with Gasteiger partial charge in [0.2, 0.25) is 5.88 Å². The van der Waals surface area contributed by atoms with E-state index in [2.05, 4.69) is 4.98 Å². The molecular weight excluding hydrogens is 169 g/mol. The van der Waals surface area contributed by atoms with Gasteiger partial charge in [-0.3, -0.25) is 0 Å². The number of pyridine rings is 1. The molecule has 0 saturated heterocycles. The van der Waals surface area contributed by atoms with Crippen molar-refractivity contribution in [3.05, 3.63) is 23.9 Å². The van der Waals surface area contributed by atoms with E-state index in [9.17, 15) is 5.11 Å². The van der Waals surface area contributed by atoms with Crippen molar-refractivity contribution < 1.29 is 61.2 Å². The van der Waals surface area contributed by atoms with Gasteiger partial charge >= 0.3 is 51.4 Å². The van der Waals surface area contributed by atoms with Gasteiger partial charge in [-0.25, -0.2) is 4.98 Å². The van der Waals surface area contributed by atoms with Crippen LogP contribution < -0.4 is 61.2 Å². The van der Waals surface area contributed by atoms with Crippen molar-refractivity contribution in [2.45, 2.75) is 6.61 Å². The second-order valence-corrected chi connectivity index (χ2v) is 1.85. The minimum atomic E-state index is -0.223. The largest absolute Gasteiger partial charge is 1.00 e. The van der Waals surface area contributed by atoms with Gasteiger partial charge in [-0.1, -0.05) is 5.56 Å². The standard InChI is InChI=1S/C7H8NO2.K/c1-10-7-4-6(5-9)2-3-8-7;/h2-4H,5H2,1H3;/q-1;+1. The molecule has 0 atom stereocenters. The third kappa shape index (κ3) is 3.64. The topological polar surface area (TPSA) is 45.2 Å². The van der Waals surface area contributed by atoms with E-state index in [4.69, 9.17) is 4.74 Å². The first kappa shape index (κ1) is 11.5. The Bertz CT molecular complexity index is 198. The van der Waals surface area contributed by atoms with E-state index in [0.717, 1.165) is 0 Å². The molecule has 0 aliphatic heterocycles. The van der Waals surface area contributed by atoms with Crippen LogP contribution in [-0.2, 0) is 6.61 Å². The number of rotatable bonds is 2. The summed E-state index contributed by atoms with van der Waals surface area (Å²) in [6.45, 7) is -0.223. The zero-order chi connectivity index (χ0) is 7.40. The van der Waals surface area contributed by atoms with Crippen molar-refractivity contribution in [3.63, 3.8) is 0 Å². The molecule has 0 spiro atoms. The van der Waals surface area contributed by atoms with Gasteiger partial charge in [0.15, 0.2) is 0 Å². The summed E-state index contributed by atoms with van der Waals surface area (Å²) >= 11 is 0. The maximum atomic E-state index is 10.3. The van der Waals surface area contributed by atoms with Crippen molar-refractivity contribution in [2.75, 3.05) is 7.11 Å². The fourth-order valence-electron chi connectivity index (χ4n) is 0.652. The van der Waals surface area contributed by atoms with Crippen molar-refractivity contribution in [2.24, 2.45) is 0 Å². The van der Waals surface area contributed by atoms with Crippen LogP contribution in [0.15, 0.2) is 18.3 Å². The Kier molecular flexibility index (Phi) is 6.41. The van der Waals surface area contributed by atoms with Crippen LogP contribution in [0.1, 0.15) is 5.56 Å². The number of aromatic nitrogens is 1. The van der Waals surface area contributed by atoms with Crippen LogP contribution in [0.2, 0.25) is 0 Å². The van der Waals surface area contributed by atoms with E-state index in [-0.39, 0.29) is 58.0 Å². The van der Waals surface area contributed by atoms with E-state index < -0.39 is 0 Å². The van der Waals surface area contributed by atoms with E-state index in [0.29, 0.717) is 11.4 Å². The van der Waals surface area contributed by atoms with Crippen LogP contribution in [0.5, 0.6) is 5.88 Å². The molecule has 1 heterocycles. The van der Waals surface area contributed by atoms with Crippen LogP contribution in [0.25, 0.3) is 0 Å². The van der Waals surface area contributed by atoms with Gasteiger partial charge in [0.25, 0.3) is 0 Å². The Balaban J connectivity index is 0.000001000. The quantitative estimate of drug-likeness (QED) is 0.451. The molecule has 3 nitrogen and oxygen atoms in total. The van der Waals surface area contributed by atoms with Gasteiger partial charge in [0.05, 0.1) is 7.11 Å². The van der Waals surface area contributed by atoms with Gasteiger partial charge in [-0.15, -0.1) is 6.61 Å². The third-order valence-electron chi connectivity index (χ3n) is 1.18. The molecule has 0 bridgehead atoms. The molecular formula is C7H8KNO2. The molecule has 4 heteroatoms. The predicted molar refractivity (Wildman–Crippen MR) is 34.5 cm³/mol. The van der Waals surface area contributed by atoms with Crippen molar-refractivity contribution in [1.29, 1.82) is 0 Å². The van der Waals surface area contributed by atoms with Crippen molar-refractivity contribution in [3.8, 4) is 5.88 Å². The monoisotopic (exact) mass is 177 g/mol. The average Bonchev–Trinajstić information content (AvgIpc) is 2.05. The first-order valence-corrected chi connectivity index (χ1v) is 2.94. The van der Waals surface area contributed by atoms with E-state index in [1.165, 1.54) is 7.11 Å². The minimum Gasteiger partial charge on any atom is -0.851 e. The molecule has 1 rings (SSSR count). The fraction of sp³-hybridized carbons (Fsp3) is 0.286. The molecule has 0 N–H and O–H groups in total. The van der Waals surface area contributed by atoms with Gasteiger partial charge in [-0.05, 0) is 6.07 Å². The van der Waals surface area contributed by atoms with Crippen LogP contribution in [0.4, 0.5) is 0 Å². The zero-order valence-electron chi connectivity index (χ0n) is 6.70. The van der Waals surface area contributed by atoms with Crippen LogP contribution in [0, 0.1) is 0 Å². The van der Waals surface area contributed by atoms with Crippen LogP contribution in [-0.4, -0.2) is 12.1 Å². The SMILES string of the molecule is COc1cc(C[O-])ccn1.[K+]. The summed E-state index contributed by atoms with van der Waals surface area (Å²) in [7, 11) is 1.52. The molecule has 1 aromatic rings. The molecule has 0 fully saturated rings. The zero-order valence-corrected chi connectivity index (χ0v) is 9.83. The number of methoxy groups -OCH3 is 1. The summed E-state index contributed by atoms with van der Waals surface area (Å²) in [5.41, 5.74) is 0.701. The Hall–Kier alpha value is 0.546. The van der Waals surface area contributed by atoms with Gasteiger partial charge < -0.3 is 9.84 Å². The summed E-state index contributed by atoms with van der Waals surface area (Å²) in [5, 5.41) is 10.3. The number of hydrogen-bond acceptors (Lipinski definition) is 3. The molecule has 0 saturated carbocycles. The Morgan fingerprint density at radius 1 is 1.64 bits per heavy atom. The molecule has 0 amide bonds.